The van der Waals surface area contributed by atoms with Gasteiger partial charge in [0.25, 0.3) is 0 Å². The first-order chi connectivity index (χ1) is 11.9. The molecule has 2 aromatic rings. The Bertz CT molecular complexity index is 902. The molecule has 130 valence electrons. The van der Waals surface area contributed by atoms with Crippen LogP contribution in [0, 0.1) is 11.3 Å². The Morgan fingerprint density at radius 1 is 1.24 bits per heavy atom. The number of nitrogens with one attached hydrogen (secondary N) is 1. The Hall–Kier alpha value is -2.89. The van der Waals surface area contributed by atoms with Crippen molar-refractivity contribution in [3.63, 3.8) is 0 Å². The maximum atomic E-state index is 12.5. The third-order valence-corrected chi connectivity index (χ3v) is 5.23. The van der Waals surface area contributed by atoms with E-state index in [0.717, 1.165) is 4.31 Å². The van der Waals surface area contributed by atoms with Crippen LogP contribution in [0.2, 0.25) is 0 Å². The first kappa shape index (κ1) is 18.4. The summed E-state index contributed by atoms with van der Waals surface area (Å²) < 4.78 is 30.9. The van der Waals surface area contributed by atoms with Gasteiger partial charge >= 0.3 is 0 Å². The molecule has 0 aliphatic heterocycles. The molecule has 0 radical (unpaired) electrons. The third kappa shape index (κ3) is 4.56. The maximum absolute atomic E-state index is 12.5. The van der Waals surface area contributed by atoms with Crippen molar-refractivity contribution in [3.05, 3.63) is 54.1 Å². The molecule has 1 N–H and O–H groups in total. The quantitative estimate of drug-likeness (QED) is 0.848. The van der Waals surface area contributed by atoms with Crippen LogP contribution in [-0.4, -0.2) is 39.3 Å². The predicted octanol–water partition coefficient (Wildman–Crippen LogP) is 1.83. The summed E-state index contributed by atoms with van der Waals surface area (Å²) in [6.45, 7) is -0.356. The van der Waals surface area contributed by atoms with Gasteiger partial charge in [-0.15, -0.1) is 0 Å². The third-order valence-electron chi connectivity index (χ3n) is 3.41. The molecule has 0 aromatic heterocycles. The highest BCUT2D eigenvalue weighted by Gasteiger charge is 2.23. The van der Waals surface area contributed by atoms with Crippen molar-refractivity contribution < 1.29 is 17.9 Å². The molecule has 0 saturated carbocycles. The van der Waals surface area contributed by atoms with Gasteiger partial charge in [-0.25, -0.2) is 8.42 Å². The number of hydrogen-bond donors (Lipinski definition) is 1. The fraction of sp³-hybridized carbons (Fsp3) is 0.176. The van der Waals surface area contributed by atoms with Crippen molar-refractivity contribution in [2.75, 3.05) is 26.0 Å². The topological polar surface area (TPSA) is 99.5 Å². The van der Waals surface area contributed by atoms with Crippen molar-refractivity contribution in [1.29, 1.82) is 5.26 Å². The molecule has 0 unspecified atom stereocenters. The minimum Gasteiger partial charge on any atom is -0.497 e. The molecule has 0 aliphatic carbocycles. The molecular formula is C17H17N3O4S. The van der Waals surface area contributed by atoms with E-state index in [4.69, 9.17) is 10.00 Å². The van der Waals surface area contributed by atoms with Crippen LogP contribution in [0.15, 0.2) is 53.4 Å². The lowest BCUT2D eigenvalue weighted by atomic mass is 10.2. The molecule has 0 fully saturated rings. The van der Waals surface area contributed by atoms with Crippen LogP contribution in [-0.2, 0) is 14.8 Å². The van der Waals surface area contributed by atoms with Crippen LogP contribution in [0.5, 0.6) is 5.75 Å². The van der Waals surface area contributed by atoms with E-state index in [9.17, 15) is 13.2 Å². The number of methoxy groups -OCH3 is 1. The standard InChI is InChI=1S/C17H17N3O4S/c1-20(25(22,23)16-8-6-15(24-2)7-9-16)12-17(21)19-14-5-3-4-13(10-14)11-18/h3-10H,12H2,1-2H3,(H,19,21). The highest BCUT2D eigenvalue weighted by molar-refractivity contribution is 7.89. The number of likely N-dealkylation sites (N-methyl/N-ethyl adjacent to an activating group) is 1. The molecule has 1 amide bonds. The lowest BCUT2D eigenvalue weighted by Crippen LogP contribution is -2.34. The monoisotopic (exact) mass is 359 g/mol. The van der Waals surface area contributed by atoms with Crippen molar-refractivity contribution >= 4 is 21.6 Å². The zero-order valence-electron chi connectivity index (χ0n) is 13.8. The number of hydrogen-bond acceptors (Lipinski definition) is 5. The lowest BCUT2D eigenvalue weighted by Gasteiger charge is -2.17. The van der Waals surface area contributed by atoms with E-state index in [1.54, 1.807) is 18.2 Å². The molecule has 0 atom stereocenters. The zero-order chi connectivity index (χ0) is 18.4. The number of benzene rings is 2. The minimum absolute atomic E-state index is 0.0649. The highest BCUT2D eigenvalue weighted by Crippen LogP contribution is 2.18. The zero-order valence-corrected chi connectivity index (χ0v) is 14.6. The lowest BCUT2D eigenvalue weighted by molar-refractivity contribution is -0.116. The summed E-state index contributed by atoms with van der Waals surface area (Å²) in [5, 5.41) is 11.4. The Balaban J connectivity index is 2.07. The number of nitriles is 1. The van der Waals surface area contributed by atoms with E-state index in [0.29, 0.717) is 17.0 Å². The maximum Gasteiger partial charge on any atom is 0.243 e. The molecular weight excluding hydrogens is 342 g/mol. The van der Waals surface area contributed by atoms with Gasteiger partial charge in [-0.1, -0.05) is 6.07 Å². The molecule has 0 spiro atoms. The second kappa shape index (κ2) is 7.79. The van der Waals surface area contributed by atoms with E-state index < -0.39 is 15.9 Å². The van der Waals surface area contributed by atoms with Gasteiger partial charge in [0, 0.05) is 12.7 Å². The summed E-state index contributed by atoms with van der Waals surface area (Å²) >= 11 is 0. The summed E-state index contributed by atoms with van der Waals surface area (Å²) in [7, 11) is -0.988. The second-order valence-electron chi connectivity index (χ2n) is 5.18. The van der Waals surface area contributed by atoms with Crippen molar-refractivity contribution in [2.45, 2.75) is 4.90 Å². The Labute approximate surface area is 146 Å². The Kier molecular flexibility index (Phi) is 5.75. The molecule has 2 aromatic carbocycles. The van der Waals surface area contributed by atoms with Crippen molar-refractivity contribution in [1.82, 2.24) is 4.31 Å². The van der Waals surface area contributed by atoms with Gasteiger partial charge in [0.15, 0.2) is 0 Å². The van der Waals surface area contributed by atoms with E-state index in [2.05, 4.69) is 5.32 Å². The fourth-order valence-corrected chi connectivity index (χ4v) is 3.21. The van der Waals surface area contributed by atoms with E-state index in [1.807, 2.05) is 6.07 Å². The van der Waals surface area contributed by atoms with Crippen molar-refractivity contribution in [3.8, 4) is 11.8 Å². The van der Waals surface area contributed by atoms with E-state index in [-0.39, 0.29) is 11.4 Å². The van der Waals surface area contributed by atoms with Gasteiger partial charge in [0.2, 0.25) is 15.9 Å². The summed E-state index contributed by atoms with van der Waals surface area (Å²) in [5.41, 5.74) is 0.830. The van der Waals surface area contributed by atoms with E-state index >= 15 is 0 Å². The highest BCUT2D eigenvalue weighted by atomic mass is 32.2. The number of ether oxygens (including phenoxy) is 1. The van der Waals surface area contributed by atoms with Gasteiger partial charge in [-0.3, -0.25) is 4.79 Å². The SMILES string of the molecule is COc1ccc(S(=O)(=O)N(C)CC(=O)Nc2cccc(C#N)c2)cc1. The normalized spacial score (nSPS) is 11.0. The van der Waals surface area contributed by atoms with Crippen LogP contribution < -0.4 is 10.1 Å². The molecule has 0 saturated heterocycles. The summed E-state index contributed by atoms with van der Waals surface area (Å²) in [5.74, 6) is 0.0337. The van der Waals surface area contributed by atoms with Crippen LogP contribution >= 0.6 is 0 Å². The van der Waals surface area contributed by atoms with Gasteiger partial charge in [0.05, 0.1) is 30.2 Å². The van der Waals surface area contributed by atoms with Crippen LogP contribution in [0.3, 0.4) is 0 Å². The predicted molar refractivity (Wildman–Crippen MR) is 92.6 cm³/mol. The average Bonchev–Trinajstić information content (AvgIpc) is 2.61. The number of amides is 1. The molecule has 8 heteroatoms. The Morgan fingerprint density at radius 2 is 1.92 bits per heavy atom. The molecule has 0 bridgehead atoms. The molecule has 7 nitrogen and oxygen atoms in total. The second-order valence-corrected chi connectivity index (χ2v) is 7.22. The number of rotatable bonds is 6. The van der Waals surface area contributed by atoms with Gasteiger partial charge < -0.3 is 10.1 Å². The van der Waals surface area contributed by atoms with E-state index in [1.165, 1.54) is 44.5 Å². The number of carbonyl (C=O) groups excluding carboxylic acids is 1. The number of nitrogens with zero attached hydrogens (tertiary/aromatic N) is 2. The summed E-state index contributed by atoms with van der Waals surface area (Å²) in [6, 6.07) is 14.2. The summed E-state index contributed by atoms with van der Waals surface area (Å²) in [6.07, 6.45) is 0. The van der Waals surface area contributed by atoms with Crippen LogP contribution in [0.4, 0.5) is 5.69 Å². The van der Waals surface area contributed by atoms with Gasteiger partial charge in [0.1, 0.15) is 5.75 Å². The number of carbonyl (C=O) groups is 1. The number of anilines is 1. The number of sulfonamides is 1. The van der Waals surface area contributed by atoms with Crippen LogP contribution in [0.1, 0.15) is 5.56 Å². The van der Waals surface area contributed by atoms with Gasteiger partial charge in [-0.2, -0.15) is 9.57 Å². The smallest absolute Gasteiger partial charge is 0.243 e. The molecule has 2 rings (SSSR count). The van der Waals surface area contributed by atoms with Crippen molar-refractivity contribution in [2.24, 2.45) is 0 Å². The van der Waals surface area contributed by atoms with Crippen LogP contribution in [0.25, 0.3) is 0 Å². The summed E-state index contributed by atoms with van der Waals surface area (Å²) in [4.78, 5) is 12.1. The fourth-order valence-electron chi connectivity index (χ4n) is 2.08. The first-order valence-electron chi connectivity index (χ1n) is 7.27. The molecule has 0 aliphatic rings. The largest absolute Gasteiger partial charge is 0.497 e. The van der Waals surface area contributed by atoms with Gasteiger partial charge in [-0.05, 0) is 42.5 Å². The molecule has 0 heterocycles. The minimum atomic E-state index is -3.80. The molecule has 25 heavy (non-hydrogen) atoms. The Morgan fingerprint density at radius 3 is 2.52 bits per heavy atom. The average molecular weight is 359 g/mol. The first-order valence-corrected chi connectivity index (χ1v) is 8.71.